The lowest BCUT2D eigenvalue weighted by Crippen LogP contribution is -2.44. The molecule has 0 unspecified atom stereocenters. The van der Waals surface area contributed by atoms with Gasteiger partial charge in [0.15, 0.2) is 0 Å². The number of rotatable bonds is 3. The molecule has 2 amide bonds. The summed E-state index contributed by atoms with van der Waals surface area (Å²) in [7, 11) is 0. The van der Waals surface area contributed by atoms with Crippen LogP contribution >= 0.6 is 0 Å². The van der Waals surface area contributed by atoms with Crippen LogP contribution in [0.1, 0.15) is 23.2 Å². The van der Waals surface area contributed by atoms with Gasteiger partial charge in [0, 0.05) is 36.1 Å². The van der Waals surface area contributed by atoms with E-state index in [4.69, 9.17) is 0 Å². The second kappa shape index (κ2) is 6.35. The van der Waals surface area contributed by atoms with Gasteiger partial charge in [-0.15, -0.1) is 0 Å². The highest BCUT2D eigenvalue weighted by Crippen LogP contribution is 2.31. The smallest absolute Gasteiger partial charge is 0.247 e. The van der Waals surface area contributed by atoms with E-state index in [-0.39, 0.29) is 24.3 Å². The van der Waals surface area contributed by atoms with Crippen LogP contribution in [0.3, 0.4) is 0 Å². The number of aromatic nitrogens is 1. The number of benzene rings is 2. The molecule has 1 fully saturated rings. The molecule has 2 aliphatic heterocycles. The van der Waals surface area contributed by atoms with Crippen LogP contribution in [0, 0.1) is 0 Å². The summed E-state index contributed by atoms with van der Waals surface area (Å²) in [5.41, 5.74) is 4.64. The van der Waals surface area contributed by atoms with E-state index in [1.807, 2.05) is 42.5 Å². The summed E-state index contributed by atoms with van der Waals surface area (Å²) >= 11 is 0. The largest absolute Gasteiger partial charge is 0.358 e. The first-order valence-electron chi connectivity index (χ1n) is 9.41. The lowest BCUT2D eigenvalue weighted by atomic mass is 10.0. The molecule has 0 aliphatic carbocycles. The standard InChI is InChI=1S/C22H21N3O2/c26-21-12-20(22(27)25(21)13-15-6-2-1-3-7-15)24-11-10-19-17(14-24)16-8-4-5-9-18(16)23-19/h1-9,20,23H,10-14H2/t20-/m1/s1. The second-order valence-electron chi connectivity index (χ2n) is 7.37. The molecule has 3 heterocycles. The van der Waals surface area contributed by atoms with Gasteiger partial charge in [-0.3, -0.25) is 19.4 Å². The minimum Gasteiger partial charge on any atom is -0.358 e. The molecule has 0 spiro atoms. The number of likely N-dealkylation sites (tertiary alicyclic amines) is 1. The maximum atomic E-state index is 13.0. The maximum absolute atomic E-state index is 13.0. The predicted molar refractivity (Wildman–Crippen MR) is 103 cm³/mol. The first kappa shape index (κ1) is 16.3. The van der Waals surface area contributed by atoms with Crippen LogP contribution < -0.4 is 0 Å². The second-order valence-corrected chi connectivity index (χ2v) is 7.37. The van der Waals surface area contributed by atoms with E-state index < -0.39 is 0 Å². The third kappa shape index (κ3) is 2.75. The normalized spacial score (nSPS) is 20.4. The van der Waals surface area contributed by atoms with Crippen molar-refractivity contribution >= 4 is 22.7 Å². The molecule has 0 radical (unpaired) electrons. The zero-order valence-electron chi connectivity index (χ0n) is 15.0. The quantitative estimate of drug-likeness (QED) is 0.732. The summed E-state index contributed by atoms with van der Waals surface area (Å²) in [5.74, 6) is -0.134. The molecule has 1 saturated heterocycles. The van der Waals surface area contributed by atoms with Crippen molar-refractivity contribution in [1.29, 1.82) is 0 Å². The summed E-state index contributed by atoms with van der Waals surface area (Å²) in [6, 6.07) is 17.6. The van der Waals surface area contributed by atoms with Crippen molar-refractivity contribution < 1.29 is 9.59 Å². The van der Waals surface area contributed by atoms with Crippen LogP contribution in [0.25, 0.3) is 10.9 Å². The number of nitrogens with zero attached hydrogens (tertiary/aromatic N) is 2. The molecule has 0 bridgehead atoms. The van der Waals surface area contributed by atoms with Gasteiger partial charge in [-0.05, 0) is 17.2 Å². The molecule has 1 atom stereocenters. The Morgan fingerprint density at radius 3 is 2.63 bits per heavy atom. The number of fused-ring (bicyclic) bond motifs is 3. The van der Waals surface area contributed by atoms with Crippen molar-refractivity contribution in [1.82, 2.24) is 14.8 Å². The Hall–Kier alpha value is -2.92. The number of amides is 2. The van der Waals surface area contributed by atoms with Gasteiger partial charge in [0.05, 0.1) is 19.0 Å². The lowest BCUT2D eigenvalue weighted by Gasteiger charge is -2.31. The Kier molecular flexibility index (Phi) is 3.83. The third-order valence-corrected chi connectivity index (χ3v) is 5.76. The van der Waals surface area contributed by atoms with Gasteiger partial charge < -0.3 is 4.98 Å². The fourth-order valence-corrected chi connectivity index (χ4v) is 4.34. The van der Waals surface area contributed by atoms with Gasteiger partial charge in [-0.25, -0.2) is 0 Å². The van der Waals surface area contributed by atoms with Gasteiger partial charge in [0.25, 0.3) is 0 Å². The molecule has 3 aromatic rings. The summed E-state index contributed by atoms with van der Waals surface area (Å²) in [6.07, 6.45) is 1.16. The van der Waals surface area contributed by atoms with Crippen molar-refractivity contribution in [3.63, 3.8) is 0 Å². The van der Waals surface area contributed by atoms with E-state index in [9.17, 15) is 9.59 Å². The van der Waals surface area contributed by atoms with E-state index in [1.165, 1.54) is 21.5 Å². The Balaban J connectivity index is 1.38. The average molecular weight is 359 g/mol. The Bertz CT molecular complexity index is 1020. The topological polar surface area (TPSA) is 56.4 Å². The Labute approximate surface area is 157 Å². The van der Waals surface area contributed by atoms with E-state index in [1.54, 1.807) is 0 Å². The molecular weight excluding hydrogens is 338 g/mol. The molecule has 5 heteroatoms. The lowest BCUT2D eigenvalue weighted by molar-refractivity contribution is -0.140. The SMILES string of the molecule is O=C1C[C@@H](N2CCc3[nH]c4ccccc4c3C2)C(=O)N1Cc1ccccc1. The fraction of sp³-hybridized carbons (Fsp3) is 0.273. The minimum absolute atomic E-state index is 0.0628. The minimum atomic E-state index is -0.344. The zero-order valence-corrected chi connectivity index (χ0v) is 15.0. The van der Waals surface area contributed by atoms with E-state index in [2.05, 4.69) is 22.0 Å². The van der Waals surface area contributed by atoms with Crippen molar-refractivity contribution in [2.75, 3.05) is 6.54 Å². The fourth-order valence-electron chi connectivity index (χ4n) is 4.34. The van der Waals surface area contributed by atoms with E-state index >= 15 is 0 Å². The first-order chi connectivity index (χ1) is 13.2. The predicted octanol–water partition coefficient (Wildman–Crippen LogP) is 2.85. The molecule has 1 N–H and O–H groups in total. The molecule has 27 heavy (non-hydrogen) atoms. The van der Waals surface area contributed by atoms with Crippen molar-refractivity contribution in [2.45, 2.75) is 32.0 Å². The van der Waals surface area contributed by atoms with Crippen LogP contribution in [0.15, 0.2) is 54.6 Å². The van der Waals surface area contributed by atoms with Crippen LogP contribution in [-0.4, -0.2) is 39.2 Å². The Morgan fingerprint density at radius 1 is 1.00 bits per heavy atom. The molecule has 0 saturated carbocycles. The van der Waals surface area contributed by atoms with Crippen LogP contribution in [0.5, 0.6) is 0 Å². The molecule has 2 aromatic carbocycles. The van der Waals surface area contributed by atoms with E-state index in [0.717, 1.165) is 24.0 Å². The number of H-pyrrole nitrogens is 1. The molecule has 5 nitrogen and oxygen atoms in total. The zero-order chi connectivity index (χ0) is 18.4. The van der Waals surface area contributed by atoms with Crippen molar-refractivity contribution in [3.05, 3.63) is 71.4 Å². The van der Waals surface area contributed by atoms with Crippen LogP contribution in [0.2, 0.25) is 0 Å². The summed E-state index contributed by atoms with van der Waals surface area (Å²) in [5, 5.41) is 1.22. The van der Waals surface area contributed by atoms with Crippen LogP contribution in [-0.2, 0) is 29.1 Å². The molecule has 1 aromatic heterocycles. The van der Waals surface area contributed by atoms with Crippen molar-refractivity contribution in [3.8, 4) is 0 Å². The summed E-state index contributed by atoms with van der Waals surface area (Å²) < 4.78 is 0. The number of aromatic amines is 1. The molecule has 136 valence electrons. The van der Waals surface area contributed by atoms with Gasteiger partial charge in [0.2, 0.25) is 11.8 Å². The molecule has 5 rings (SSSR count). The monoisotopic (exact) mass is 359 g/mol. The third-order valence-electron chi connectivity index (χ3n) is 5.76. The van der Waals surface area contributed by atoms with Gasteiger partial charge in [-0.2, -0.15) is 0 Å². The van der Waals surface area contributed by atoms with Gasteiger partial charge >= 0.3 is 0 Å². The molecular formula is C22H21N3O2. The number of hydrogen-bond donors (Lipinski definition) is 1. The number of hydrogen-bond acceptors (Lipinski definition) is 3. The highest BCUT2D eigenvalue weighted by atomic mass is 16.2. The number of carbonyl (C=O) groups is 2. The van der Waals surface area contributed by atoms with Crippen LogP contribution in [0.4, 0.5) is 0 Å². The summed E-state index contributed by atoms with van der Waals surface area (Å²) in [4.78, 5) is 32.6. The maximum Gasteiger partial charge on any atom is 0.247 e. The average Bonchev–Trinajstić information content (AvgIpc) is 3.20. The number of carbonyl (C=O) groups excluding carboxylic acids is 2. The van der Waals surface area contributed by atoms with E-state index in [0.29, 0.717) is 13.1 Å². The van der Waals surface area contributed by atoms with Crippen molar-refractivity contribution in [2.24, 2.45) is 0 Å². The number of para-hydroxylation sites is 1. The highest BCUT2D eigenvalue weighted by Gasteiger charge is 2.42. The first-order valence-corrected chi connectivity index (χ1v) is 9.41. The number of imide groups is 1. The van der Waals surface area contributed by atoms with Gasteiger partial charge in [0.1, 0.15) is 0 Å². The summed E-state index contributed by atoms with van der Waals surface area (Å²) in [6.45, 7) is 1.87. The Morgan fingerprint density at radius 2 is 1.78 bits per heavy atom. The molecule has 2 aliphatic rings. The van der Waals surface area contributed by atoms with Gasteiger partial charge in [-0.1, -0.05) is 48.5 Å². The highest BCUT2D eigenvalue weighted by molar-refractivity contribution is 6.05. The number of nitrogens with one attached hydrogen (secondary N) is 1.